The summed E-state index contributed by atoms with van der Waals surface area (Å²) < 4.78 is 22.1. The highest BCUT2D eigenvalue weighted by atomic mass is 16.7. The summed E-state index contributed by atoms with van der Waals surface area (Å²) in [5.74, 6) is 2.75. The molecule has 2 N–H and O–H groups in total. The summed E-state index contributed by atoms with van der Waals surface area (Å²) in [7, 11) is 0. The number of aromatic nitrogens is 2. The number of nitrogens with zero attached hydrogens (tertiary/aromatic N) is 1. The van der Waals surface area contributed by atoms with Gasteiger partial charge in [0.05, 0.1) is 11.7 Å². The van der Waals surface area contributed by atoms with Gasteiger partial charge in [-0.15, -0.1) is 0 Å². The number of nitrogens with one attached hydrogen (secondary N) is 2. The third kappa shape index (κ3) is 3.76. The highest BCUT2D eigenvalue weighted by molar-refractivity contribution is 5.93. The zero-order valence-electron chi connectivity index (χ0n) is 17.3. The summed E-state index contributed by atoms with van der Waals surface area (Å²) in [5.41, 5.74) is 2.84. The lowest BCUT2D eigenvalue weighted by atomic mass is 9.95. The van der Waals surface area contributed by atoms with Crippen molar-refractivity contribution in [3.63, 3.8) is 0 Å². The molecule has 0 saturated carbocycles. The first-order chi connectivity index (χ1) is 15.1. The summed E-state index contributed by atoms with van der Waals surface area (Å²) in [6.07, 6.45) is 0. The molecule has 0 radical (unpaired) electrons. The van der Waals surface area contributed by atoms with Crippen molar-refractivity contribution in [1.82, 2.24) is 15.5 Å². The number of hydrogen-bond donors (Lipinski definition) is 2. The maximum absolute atomic E-state index is 13.0. The first kappa shape index (κ1) is 19.3. The zero-order valence-corrected chi connectivity index (χ0v) is 17.3. The fraction of sp³-hybridized carbons (Fsp3) is 0.304. The van der Waals surface area contributed by atoms with E-state index >= 15 is 0 Å². The molecule has 8 heteroatoms. The van der Waals surface area contributed by atoms with Gasteiger partial charge in [0.2, 0.25) is 6.79 Å². The second kappa shape index (κ2) is 7.86. The maximum Gasteiger partial charge on any atom is 0.269 e. The van der Waals surface area contributed by atoms with E-state index in [0.717, 1.165) is 16.9 Å². The van der Waals surface area contributed by atoms with Crippen molar-refractivity contribution in [3.8, 4) is 34.3 Å². The van der Waals surface area contributed by atoms with E-state index < -0.39 is 0 Å². The molecular formula is C23H23N3O5. The summed E-state index contributed by atoms with van der Waals surface area (Å²) in [6.45, 7) is 5.40. The number of aromatic amines is 1. The number of fused-ring (bicyclic) bond motifs is 2. The second-order valence-electron chi connectivity index (χ2n) is 7.83. The Morgan fingerprint density at radius 3 is 2.48 bits per heavy atom. The van der Waals surface area contributed by atoms with E-state index in [1.165, 1.54) is 0 Å². The van der Waals surface area contributed by atoms with Crippen molar-refractivity contribution in [1.29, 1.82) is 0 Å². The Morgan fingerprint density at radius 1 is 0.935 bits per heavy atom. The van der Waals surface area contributed by atoms with Gasteiger partial charge in [0.15, 0.2) is 23.0 Å². The van der Waals surface area contributed by atoms with Crippen molar-refractivity contribution in [3.05, 3.63) is 53.7 Å². The highest BCUT2D eigenvalue weighted by Crippen LogP contribution is 2.36. The van der Waals surface area contributed by atoms with Crippen LogP contribution in [0.25, 0.3) is 11.3 Å². The predicted molar refractivity (Wildman–Crippen MR) is 113 cm³/mol. The van der Waals surface area contributed by atoms with Crippen LogP contribution in [0.2, 0.25) is 0 Å². The van der Waals surface area contributed by atoms with Crippen LogP contribution in [0.15, 0.2) is 42.5 Å². The van der Waals surface area contributed by atoms with Crippen LogP contribution in [0, 0.1) is 5.92 Å². The molecule has 0 saturated heterocycles. The van der Waals surface area contributed by atoms with Crippen LogP contribution in [0.3, 0.4) is 0 Å². The number of benzene rings is 2. The Bertz CT molecular complexity index is 1120. The Kier molecular flexibility index (Phi) is 4.89. The van der Waals surface area contributed by atoms with Crippen LogP contribution < -0.4 is 24.3 Å². The molecule has 2 aliphatic rings. The molecule has 1 amide bonds. The molecule has 2 aromatic carbocycles. The van der Waals surface area contributed by atoms with Gasteiger partial charge in [0.25, 0.3) is 5.91 Å². The Balaban J connectivity index is 1.35. The molecule has 160 valence electrons. The van der Waals surface area contributed by atoms with Gasteiger partial charge in [-0.05, 0) is 47.9 Å². The number of hydrogen-bond acceptors (Lipinski definition) is 6. The molecule has 5 rings (SSSR count). The molecular weight excluding hydrogens is 398 g/mol. The molecule has 0 fully saturated rings. The van der Waals surface area contributed by atoms with Gasteiger partial charge < -0.3 is 24.3 Å². The number of rotatable bonds is 5. The van der Waals surface area contributed by atoms with E-state index in [-0.39, 0.29) is 24.7 Å². The van der Waals surface area contributed by atoms with E-state index in [4.69, 9.17) is 18.9 Å². The molecule has 0 spiro atoms. The molecule has 1 aromatic heterocycles. The van der Waals surface area contributed by atoms with Gasteiger partial charge in [0.1, 0.15) is 18.9 Å². The molecule has 8 nitrogen and oxygen atoms in total. The minimum atomic E-state index is -0.229. The smallest absolute Gasteiger partial charge is 0.269 e. The third-order valence-electron chi connectivity index (χ3n) is 5.37. The lowest BCUT2D eigenvalue weighted by Gasteiger charge is -2.25. The minimum absolute atomic E-state index is 0.169. The molecule has 2 aliphatic heterocycles. The van der Waals surface area contributed by atoms with Gasteiger partial charge in [-0.25, -0.2) is 0 Å². The van der Waals surface area contributed by atoms with Gasteiger partial charge in [-0.1, -0.05) is 19.9 Å². The predicted octanol–water partition coefficient (Wildman–Crippen LogP) is 3.70. The van der Waals surface area contributed by atoms with Crippen molar-refractivity contribution < 1.29 is 23.7 Å². The number of carbonyl (C=O) groups excluding carboxylic acids is 1. The van der Waals surface area contributed by atoms with Crippen LogP contribution in [-0.2, 0) is 0 Å². The monoisotopic (exact) mass is 421 g/mol. The summed E-state index contributed by atoms with van der Waals surface area (Å²) >= 11 is 0. The van der Waals surface area contributed by atoms with Gasteiger partial charge >= 0.3 is 0 Å². The van der Waals surface area contributed by atoms with Gasteiger partial charge in [-0.3, -0.25) is 9.89 Å². The van der Waals surface area contributed by atoms with Crippen molar-refractivity contribution in [2.24, 2.45) is 5.92 Å². The van der Waals surface area contributed by atoms with Crippen LogP contribution in [-0.4, -0.2) is 36.1 Å². The molecule has 1 atom stereocenters. The number of carbonyl (C=O) groups is 1. The standard InChI is InChI=1S/C23H23N3O5/c1-13(2)22(15-4-6-18-20(10-15)29-8-7-28-18)24-23(27)17-11-16(25-26-17)14-3-5-19-21(9-14)31-12-30-19/h3-6,9-11,13,22H,7-8,12H2,1-2H3,(H,24,27)(H,25,26)/t22-/m1/s1. The first-order valence-corrected chi connectivity index (χ1v) is 10.2. The Morgan fingerprint density at radius 2 is 1.65 bits per heavy atom. The summed E-state index contributed by atoms with van der Waals surface area (Å²) in [5, 5.41) is 10.2. The van der Waals surface area contributed by atoms with E-state index in [2.05, 4.69) is 29.4 Å². The molecule has 0 unspecified atom stereocenters. The van der Waals surface area contributed by atoms with Gasteiger partial charge in [-0.2, -0.15) is 5.10 Å². The van der Waals surface area contributed by atoms with Gasteiger partial charge in [0, 0.05) is 5.56 Å². The van der Waals surface area contributed by atoms with Crippen molar-refractivity contribution in [2.75, 3.05) is 20.0 Å². The lowest BCUT2D eigenvalue weighted by Crippen LogP contribution is -2.32. The fourth-order valence-electron chi connectivity index (χ4n) is 3.75. The van der Waals surface area contributed by atoms with E-state index in [0.29, 0.717) is 41.9 Å². The van der Waals surface area contributed by atoms with Crippen LogP contribution in [0.4, 0.5) is 0 Å². The highest BCUT2D eigenvalue weighted by Gasteiger charge is 2.23. The third-order valence-corrected chi connectivity index (χ3v) is 5.37. The largest absolute Gasteiger partial charge is 0.486 e. The first-order valence-electron chi connectivity index (χ1n) is 10.2. The average molecular weight is 421 g/mol. The van der Waals surface area contributed by atoms with Crippen LogP contribution >= 0.6 is 0 Å². The van der Waals surface area contributed by atoms with Crippen LogP contribution in [0.5, 0.6) is 23.0 Å². The molecule has 0 aliphatic carbocycles. The molecule has 3 heterocycles. The second-order valence-corrected chi connectivity index (χ2v) is 7.83. The number of H-pyrrole nitrogens is 1. The SMILES string of the molecule is CC(C)[C@@H](NC(=O)c1cc(-c2ccc3c(c2)OCO3)n[nH]1)c1ccc2c(c1)OCCO2. The quantitative estimate of drug-likeness (QED) is 0.652. The van der Waals surface area contributed by atoms with Crippen molar-refractivity contribution >= 4 is 5.91 Å². The lowest BCUT2D eigenvalue weighted by molar-refractivity contribution is 0.0920. The topological polar surface area (TPSA) is 94.7 Å². The fourth-order valence-corrected chi connectivity index (χ4v) is 3.75. The molecule has 3 aromatic rings. The average Bonchev–Trinajstić information content (AvgIpc) is 3.46. The molecule has 0 bridgehead atoms. The van der Waals surface area contributed by atoms with Crippen LogP contribution in [0.1, 0.15) is 35.9 Å². The van der Waals surface area contributed by atoms with E-state index in [9.17, 15) is 4.79 Å². The Hall–Kier alpha value is -3.68. The maximum atomic E-state index is 13.0. The van der Waals surface area contributed by atoms with Crippen molar-refractivity contribution in [2.45, 2.75) is 19.9 Å². The van der Waals surface area contributed by atoms with E-state index in [1.807, 2.05) is 36.4 Å². The summed E-state index contributed by atoms with van der Waals surface area (Å²) in [4.78, 5) is 13.0. The number of amides is 1. The minimum Gasteiger partial charge on any atom is -0.486 e. The molecule has 31 heavy (non-hydrogen) atoms. The Labute approximate surface area is 179 Å². The zero-order chi connectivity index (χ0) is 21.4. The normalized spacial score (nSPS) is 15.1. The number of ether oxygens (including phenoxy) is 4. The summed E-state index contributed by atoms with van der Waals surface area (Å²) in [6, 6.07) is 12.9. The van der Waals surface area contributed by atoms with E-state index in [1.54, 1.807) is 6.07 Å².